The quantitative estimate of drug-likeness (QED) is 0.832. The number of anilines is 1. The van der Waals surface area contributed by atoms with Crippen LogP contribution in [-0.2, 0) is 19.3 Å². The number of halogens is 3. The van der Waals surface area contributed by atoms with Crippen LogP contribution in [0.2, 0.25) is 0 Å². The number of nitrogens with one attached hydrogen (secondary N) is 1. The molecule has 1 aromatic carbocycles. The van der Waals surface area contributed by atoms with E-state index in [2.05, 4.69) is 10.4 Å². The zero-order valence-electron chi connectivity index (χ0n) is 9.83. The highest BCUT2D eigenvalue weighted by molar-refractivity contribution is 5.54. The molecule has 0 saturated carbocycles. The topological polar surface area (TPSA) is 55.9 Å². The number of benzene rings is 1. The highest BCUT2D eigenvalue weighted by atomic mass is 19.4. The summed E-state index contributed by atoms with van der Waals surface area (Å²) in [6.07, 6.45) is -4.43. The zero-order valence-corrected chi connectivity index (χ0v) is 9.83. The first-order chi connectivity index (χ1) is 8.98. The Balaban J connectivity index is 2.18. The Hall–Kier alpha value is -2.02. The number of rotatable bonds is 1. The molecule has 1 aliphatic heterocycles. The summed E-state index contributed by atoms with van der Waals surface area (Å²) >= 11 is 0. The van der Waals surface area contributed by atoms with Gasteiger partial charge >= 0.3 is 6.18 Å². The van der Waals surface area contributed by atoms with Crippen molar-refractivity contribution in [2.75, 3.05) is 5.73 Å². The van der Waals surface area contributed by atoms with Crippen molar-refractivity contribution in [1.82, 2.24) is 15.1 Å². The monoisotopic (exact) mass is 268 g/mol. The molecule has 2 heterocycles. The Morgan fingerprint density at radius 2 is 1.95 bits per heavy atom. The highest BCUT2D eigenvalue weighted by Gasteiger charge is 2.35. The summed E-state index contributed by atoms with van der Waals surface area (Å²) in [5, 5.41) is 7.22. The van der Waals surface area contributed by atoms with Crippen molar-refractivity contribution in [2.24, 2.45) is 0 Å². The van der Waals surface area contributed by atoms with Crippen molar-refractivity contribution >= 4 is 5.82 Å². The molecule has 3 rings (SSSR count). The van der Waals surface area contributed by atoms with Gasteiger partial charge in [-0.15, -0.1) is 0 Å². The first-order valence-electron chi connectivity index (χ1n) is 5.72. The number of nitrogens with zero attached hydrogens (tertiary/aromatic N) is 2. The van der Waals surface area contributed by atoms with Gasteiger partial charge in [-0.1, -0.05) is 12.1 Å². The molecule has 0 fully saturated rings. The van der Waals surface area contributed by atoms with E-state index in [1.54, 1.807) is 0 Å². The molecule has 0 radical (unpaired) electrons. The SMILES string of the molecule is Nc1c2c(nn1-c1ccccc1C(F)(F)F)CNC2. The second kappa shape index (κ2) is 3.99. The van der Waals surface area contributed by atoms with Gasteiger partial charge in [0.05, 0.1) is 16.9 Å². The summed E-state index contributed by atoms with van der Waals surface area (Å²) in [4.78, 5) is 0. The predicted octanol–water partition coefficient (Wildman–Crippen LogP) is 2.08. The molecule has 0 amide bonds. The molecule has 0 aliphatic carbocycles. The fourth-order valence-electron chi connectivity index (χ4n) is 2.23. The van der Waals surface area contributed by atoms with Gasteiger partial charge in [-0.2, -0.15) is 18.3 Å². The van der Waals surface area contributed by atoms with Gasteiger partial charge in [-0.3, -0.25) is 0 Å². The molecule has 0 spiro atoms. The molecule has 1 aromatic heterocycles. The number of para-hydroxylation sites is 1. The van der Waals surface area contributed by atoms with Crippen molar-refractivity contribution in [2.45, 2.75) is 19.3 Å². The lowest BCUT2D eigenvalue weighted by molar-refractivity contribution is -0.137. The number of alkyl halides is 3. The normalized spacial score (nSPS) is 14.7. The van der Waals surface area contributed by atoms with Gasteiger partial charge < -0.3 is 11.1 Å². The van der Waals surface area contributed by atoms with Crippen LogP contribution in [0.3, 0.4) is 0 Å². The molecule has 2 aromatic rings. The van der Waals surface area contributed by atoms with E-state index in [9.17, 15) is 13.2 Å². The van der Waals surface area contributed by atoms with E-state index >= 15 is 0 Å². The van der Waals surface area contributed by atoms with Crippen molar-refractivity contribution in [3.63, 3.8) is 0 Å². The molecule has 3 N–H and O–H groups in total. The number of hydrogen-bond acceptors (Lipinski definition) is 3. The van der Waals surface area contributed by atoms with Crippen LogP contribution in [0, 0.1) is 0 Å². The summed E-state index contributed by atoms with van der Waals surface area (Å²) in [7, 11) is 0. The average molecular weight is 268 g/mol. The molecule has 1 aliphatic rings. The largest absolute Gasteiger partial charge is 0.418 e. The molecular formula is C12H11F3N4. The Morgan fingerprint density at radius 1 is 1.21 bits per heavy atom. The molecule has 0 saturated heterocycles. The Morgan fingerprint density at radius 3 is 2.63 bits per heavy atom. The molecule has 19 heavy (non-hydrogen) atoms. The molecular weight excluding hydrogens is 257 g/mol. The van der Waals surface area contributed by atoms with Gasteiger partial charge in [0.2, 0.25) is 0 Å². The van der Waals surface area contributed by atoms with E-state index in [0.29, 0.717) is 18.8 Å². The number of fused-ring (bicyclic) bond motifs is 1. The van der Waals surface area contributed by atoms with Gasteiger partial charge in [-0.25, -0.2) is 4.68 Å². The first kappa shape index (κ1) is 12.0. The van der Waals surface area contributed by atoms with Gasteiger partial charge in [-0.05, 0) is 12.1 Å². The van der Waals surface area contributed by atoms with E-state index in [-0.39, 0.29) is 11.5 Å². The molecule has 0 atom stereocenters. The van der Waals surface area contributed by atoms with Crippen LogP contribution < -0.4 is 11.1 Å². The second-order valence-electron chi connectivity index (χ2n) is 4.34. The van der Waals surface area contributed by atoms with Crippen molar-refractivity contribution in [3.8, 4) is 5.69 Å². The lowest BCUT2D eigenvalue weighted by Gasteiger charge is -2.13. The van der Waals surface area contributed by atoms with E-state index in [1.165, 1.54) is 22.9 Å². The maximum Gasteiger partial charge on any atom is 0.418 e. The van der Waals surface area contributed by atoms with Crippen LogP contribution in [0.15, 0.2) is 24.3 Å². The Kier molecular flexibility index (Phi) is 2.53. The fraction of sp³-hybridized carbons (Fsp3) is 0.250. The molecule has 0 unspecified atom stereocenters. The van der Waals surface area contributed by atoms with Gasteiger partial charge in [0.15, 0.2) is 0 Å². The maximum atomic E-state index is 13.0. The van der Waals surface area contributed by atoms with Crippen molar-refractivity contribution in [3.05, 3.63) is 41.1 Å². The molecule has 4 nitrogen and oxygen atoms in total. The summed E-state index contributed by atoms with van der Waals surface area (Å²) in [5.74, 6) is 0.261. The number of nitrogen functional groups attached to an aromatic ring is 1. The number of aromatic nitrogens is 2. The first-order valence-corrected chi connectivity index (χ1v) is 5.72. The smallest absolute Gasteiger partial charge is 0.383 e. The van der Waals surface area contributed by atoms with Crippen molar-refractivity contribution in [1.29, 1.82) is 0 Å². The lowest BCUT2D eigenvalue weighted by atomic mass is 10.1. The van der Waals surface area contributed by atoms with Crippen LogP contribution in [0.25, 0.3) is 5.69 Å². The second-order valence-corrected chi connectivity index (χ2v) is 4.34. The fourth-order valence-corrected chi connectivity index (χ4v) is 2.23. The minimum Gasteiger partial charge on any atom is -0.383 e. The van der Waals surface area contributed by atoms with E-state index < -0.39 is 11.7 Å². The van der Waals surface area contributed by atoms with Crippen molar-refractivity contribution < 1.29 is 13.2 Å². The summed E-state index contributed by atoms with van der Waals surface area (Å²) in [5.41, 5.74) is 6.59. The van der Waals surface area contributed by atoms with Crippen LogP contribution in [-0.4, -0.2) is 9.78 Å². The number of nitrogens with two attached hydrogens (primary N) is 1. The standard InChI is InChI=1S/C12H11F3N4/c13-12(14,15)8-3-1-2-4-10(8)19-11(16)7-5-17-6-9(7)18-19/h1-4,17H,5-6,16H2. The zero-order chi connectivity index (χ0) is 13.6. The minimum absolute atomic E-state index is 0.0399. The van der Waals surface area contributed by atoms with Gasteiger partial charge in [0.25, 0.3) is 0 Å². The third kappa shape index (κ3) is 1.86. The Labute approximate surface area is 107 Å². The van der Waals surface area contributed by atoms with Gasteiger partial charge in [0, 0.05) is 18.7 Å². The molecule has 7 heteroatoms. The maximum absolute atomic E-state index is 13.0. The Bertz CT molecular complexity index is 630. The summed E-state index contributed by atoms with van der Waals surface area (Å²) in [6.45, 7) is 1.07. The summed E-state index contributed by atoms with van der Waals surface area (Å²) in [6, 6.07) is 5.28. The molecule has 0 bridgehead atoms. The average Bonchev–Trinajstić information content (AvgIpc) is 2.92. The third-order valence-electron chi connectivity index (χ3n) is 3.14. The minimum atomic E-state index is -4.43. The van der Waals surface area contributed by atoms with E-state index in [1.807, 2.05) is 0 Å². The third-order valence-corrected chi connectivity index (χ3v) is 3.14. The summed E-state index contributed by atoms with van der Waals surface area (Å²) < 4.78 is 40.1. The van der Waals surface area contributed by atoms with Gasteiger partial charge in [0.1, 0.15) is 5.82 Å². The van der Waals surface area contributed by atoms with Crippen LogP contribution in [0.5, 0.6) is 0 Å². The van der Waals surface area contributed by atoms with Crippen LogP contribution in [0.1, 0.15) is 16.8 Å². The van der Waals surface area contributed by atoms with E-state index in [0.717, 1.165) is 11.6 Å². The lowest BCUT2D eigenvalue weighted by Crippen LogP contribution is -2.14. The molecule has 100 valence electrons. The van der Waals surface area contributed by atoms with Crippen LogP contribution in [0.4, 0.5) is 19.0 Å². The van der Waals surface area contributed by atoms with Crippen LogP contribution >= 0.6 is 0 Å². The predicted molar refractivity (Wildman–Crippen MR) is 63.5 cm³/mol. The number of hydrogen-bond donors (Lipinski definition) is 2. The van der Waals surface area contributed by atoms with E-state index in [4.69, 9.17) is 5.73 Å². The highest BCUT2D eigenvalue weighted by Crippen LogP contribution is 2.35.